The van der Waals surface area contributed by atoms with Gasteiger partial charge in [0.1, 0.15) is 12.4 Å². The molecule has 2 saturated heterocycles. The molecular formula is C22H21FN2O4. The van der Waals surface area contributed by atoms with Crippen LogP contribution in [0.2, 0.25) is 0 Å². The third-order valence-corrected chi connectivity index (χ3v) is 5.57. The number of benzene rings is 2. The number of hydrogen-bond acceptors (Lipinski definition) is 5. The van der Waals surface area contributed by atoms with Gasteiger partial charge < -0.3 is 14.6 Å². The molecule has 0 aliphatic carbocycles. The first-order chi connectivity index (χ1) is 14.0. The second-order valence-corrected chi connectivity index (χ2v) is 7.54. The van der Waals surface area contributed by atoms with Crippen molar-refractivity contribution in [2.45, 2.75) is 37.1 Å². The van der Waals surface area contributed by atoms with Gasteiger partial charge in [-0.25, -0.2) is 9.18 Å². The summed E-state index contributed by atoms with van der Waals surface area (Å²) in [6.07, 6.45) is -0.258. The SMILES string of the molecule is N#Cc1ccc(F)c(C2(O)CC3COCC(C2)N3C(=O)OCc2ccccc2)c1. The lowest BCUT2D eigenvalue weighted by atomic mass is 9.76. The molecule has 7 heteroatoms. The van der Waals surface area contributed by atoms with Crippen LogP contribution in [0, 0.1) is 17.1 Å². The van der Waals surface area contributed by atoms with Crippen molar-refractivity contribution < 1.29 is 23.8 Å². The number of morpholine rings is 1. The van der Waals surface area contributed by atoms with Crippen LogP contribution in [0.1, 0.15) is 29.5 Å². The van der Waals surface area contributed by atoms with Gasteiger partial charge in [-0.05, 0) is 23.8 Å². The molecule has 0 radical (unpaired) electrons. The van der Waals surface area contributed by atoms with Crippen molar-refractivity contribution in [2.75, 3.05) is 13.2 Å². The number of piperidine rings is 1. The number of fused-ring (bicyclic) bond motifs is 2. The predicted molar refractivity (Wildman–Crippen MR) is 101 cm³/mol. The zero-order valence-electron chi connectivity index (χ0n) is 15.8. The fraction of sp³-hybridized carbons (Fsp3) is 0.364. The van der Waals surface area contributed by atoms with Gasteiger partial charge in [0.2, 0.25) is 0 Å². The van der Waals surface area contributed by atoms with Gasteiger partial charge in [-0.1, -0.05) is 30.3 Å². The van der Waals surface area contributed by atoms with E-state index < -0.39 is 29.6 Å². The van der Waals surface area contributed by atoms with Crippen LogP contribution in [0.15, 0.2) is 48.5 Å². The van der Waals surface area contributed by atoms with E-state index in [1.165, 1.54) is 18.2 Å². The molecule has 29 heavy (non-hydrogen) atoms. The van der Waals surface area contributed by atoms with E-state index in [0.29, 0.717) is 0 Å². The monoisotopic (exact) mass is 396 g/mol. The molecule has 2 aliphatic rings. The third kappa shape index (κ3) is 3.82. The zero-order valence-corrected chi connectivity index (χ0v) is 15.8. The molecule has 6 nitrogen and oxygen atoms in total. The summed E-state index contributed by atoms with van der Waals surface area (Å²) in [5.74, 6) is -0.564. The number of hydrogen-bond donors (Lipinski definition) is 1. The van der Waals surface area contributed by atoms with Crippen molar-refractivity contribution in [3.63, 3.8) is 0 Å². The number of carbonyl (C=O) groups excluding carboxylic acids is 1. The molecule has 0 saturated carbocycles. The van der Waals surface area contributed by atoms with Crippen LogP contribution in [0.25, 0.3) is 0 Å². The number of nitrogens with zero attached hydrogens (tertiary/aromatic N) is 2. The second-order valence-electron chi connectivity index (χ2n) is 7.54. The Labute approximate surface area is 168 Å². The molecule has 0 spiro atoms. The molecule has 150 valence electrons. The lowest BCUT2D eigenvalue weighted by molar-refractivity contribution is -0.137. The summed E-state index contributed by atoms with van der Waals surface area (Å²) in [5.41, 5.74) is -0.232. The Hall–Kier alpha value is -2.95. The quantitative estimate of drug-likeness (QED) is 0.862. The van der Waals surface area contributed by atoms with Crippen LogP contribution in [0.4, 0.5) is 9.18 Å². The zero-order chi connectivity index (χ0) is 20.4. The molecule has 2 aliphatic heterocycles. The Bertz CT molecular complexity index is 930. The summed E-state index contributed by atoms with van der Waals surface area (Å²) in [7, 11) is 0. The van der Waals surface area contributed by atoms with E-state index in [-0.39, 0.29) is 43.8 Å². The van der Waals surface area contributed by atoms with Gasteiger partial charge in [0, 0.05) is 18.4 Å². The fourth-order valence-corrected chi connectivity index (χ4v) is 4.24. The third-order valence-electron chi connectivity index (χ3n) is 5.57. The summed E-state index contributed by atoms with van der Waals surface area (Å²) in [6, 6.07) is 14.4. The molecule has 2 heterocycles. The fourth-order valence-electron chi connectivity index (χ4n) is 4.24. The number of aliphatic hydroxyl groups is 1. The van der Waals surface area contributed by atoms with E-state index in [0.717, 1.165) is 5.56 Å². The molecule has 2 unspecified atom stereocenters. The first kappa shape index (κ1) is 19.4. The van der Waals surface area contributed by atoms with E-state index in [4.69, 9.17) is 14.7 Å². The van der Waals surface area contributed by atoms with Crippen molar-refractivity contribution in [3.05, 3.63) is 71.0 Å². The van der Waals surface area contributed by atoms with E-state index in [9.17, 15) is 14.3 Å². The summed E-state index contributed by atoms with van der Waals surface area (Å²) in [4.78, 5) is 14.4. The van der Waals surface area contributed by atoms with Gasteiger partial charge in [0.15, 0.2) is 0 Å². The first-order valence-corrected chi connectivity index (χ1v) is 9.49. The van der Waals surface area contributed by atoms with Crippen molar-refractivity contribution in [1.82, 2.24) is 4.90 Å². The van der Waals surface area contributed by atoms with Crippen LogP contribution in [0.5, 0.6) is 0 Å². The average Bonchev–Trinajstić information content (AvgIpc) is 2.72. The van der Waals surface area contributed by atoms with Crippen LogP contribution >= 0.6 is 0 Å². The number of nitriles is 1. The highest BCUT2D eigenvalue weighted by Crippen LogP contribution is 2.42. The first-order valence-electron chi connectivity index (χ1n) is 9.49. The standard InChI is InChI=1S/C22H21FN2O4/c23-20-7-6-16(11-24)8-19(20)22(27)9-17-13-28-14-18(10-22)25(17)21(26)29-12-15-4-2-1-3-5-15/h1-8,17-18,27H,9-10,12-14H2. The molecule has 2 atom stereocenters. The number of amides is 1. The lowest BCUT2D eigenvalue weighted by Crippen LogP contribution is -2.62. The van der Waals surface area contributed by atoms with Crippen molar-refractivity contribution in [3.8, 4) is 6.07 Å². The Kier molecular flexibility index (Phi) is 5.22. The highest BCUT2D eigenvalue weighted by molar-refractivity contribution is 5.69. The molecule has 1 N–H and O–H groups in total. The minimum atomic E-state index is -1.48. The lowest BCUT2D eigenvalue weighted by Gasteiger charge is -2.51. The molecule has 1 amide bonds. The summed E-state index contributed by atoms with van der Waals surface area (Å²) < 4.78 is 25.5. The van der Waals surface area contributed by atoms with Gasteiger partial charge in [0.05, 0.1) is 42.5 Å². The van der Waals surface area contributed by atoms with Gasteiger partial charge in [-0.15, -0.1) is 0 Å². The molecule has 0 aromatic heterocycles. The Morgan fingerprint density at radius 3 is 2.59 bits per heavy atom. The smallest absolute Gasteiger partial charge is 0.410 e. The van der Waals surface area contributed by atoms with Crippen LogP contribution in [-0.4, -0.2) is 41.4 Å². The minimum absolute atomic E-state index is 0.0887. The normalized spacial score (nSPS) is 25.9. The largest absolute Gasteiger partial charge is 0.445 e. The molecular weight excluding hydrogens is 375 g/mol. The Morgan fingerprint density at radius 1 is 1.24 bits per heavy atom. The highest BCUT2D eigenvalue weighted by Gasteiger charge is 2.50. The predicted octanol–water partition coefficient (Wildman–Crippen LogP) is 3.08. The van der Waals surface area contributed by atoms with Gasteiger partial charge in [-0.3, -0.25) is 4.90 Å². The highest BCUT2D eigenvalue weighted by atomic mass is 19.1. The maximum Gasteiger partial charge on any atom is 0.410 e. The summed E-state index contributed by atoms with van der Waals surface area (Å²) in [5, 5.41) is 20.4. The van der Waals surface area contributed by atoms with Gasteiger partial charge in [0.25, 0.3) is 0 Å². The molecule has 2 aromatic rings. The molecule has 4 rings (SSSR count). The maximum atomic E-state index is 14.5. The Morgan fingerprint density at radius 2 is 1.93 bits per heavy atom. The maximum absolute atomic E-state index is 14.5. The number of carbonyl (C=O) groups is 1. The average molecular weight is 396 g/mol. The van der Waals surface area contributed by atoms with Crippen LogP contribution in [0.3, 0.4) is 0 Å². The van der Waals surface area contributed by atoms with E-state index in [1.807, 2.05) is 36.4 Å². The van der Waals surface area contributed by atoms with Crippen molar-refractivity contribution in [1.29, 1.82) is 5.26 Å². The van der Waals surface area contributed by atoms with E-state index >= 15 is 0 Å². The minimum Gasteiger partial charge on any atom is -0.445 e. The molecule has 2 aromatic carbocycles. The van der Waals surface area contributed by atoms with Crippen LogP contribution < -0.4 is 0 Å². The van der Waals surface area contributed by atoms with Gasteiger partial charge in [-0.2, -0.15) is 5.26 Å². The molecule has 2 fully saturated rings. The second kappa shape index (κ2) is 7.82. The van der Waals surface area contributed by atoms with Crippen molar-refractivity contribution >= 4 is 6.09 Å². The van der Waals surface area contributed by atoms with E-state index in [2.05, 4.69) is 0 Å². The number of ether oxygens (including phenoxy) is 2. The number of halogens is 1. The summed E-state index contributed by atoms with van der Waals surface area (Å²) >= 11 is 0. The topological polar surface area (TPSA) is 82.8 Å². The molecule has 2 bridgehead atoms. The van der Waals surface area contributed by atoms with E-state index in [1.54, 1.807) is 4.90 Å². The van der Waals surface area contributed by atoms with Crippen LogP contribution in [-0.2, 0) is 21.7 Å². The summed E-state index contributed by atoms with van der Waals surface area (Å²) in [6.45, 7) is 0.622. The number of rotatable bonds is 3. The van der Waals surface area contributed by atoms with Crippen molar-refractivity contribution in [2.24, 2.45) is 0 Å². The van der Waals surface area contributed by atoms with Gasteiger partial charge >= 0.3 is 6.09 Å². The Balaban J connectivity index is 1.53.